The lowest BCUT2D eigenvalue weighted by Gasteiger charge is -2.23. The Morgan fingerprint density at radius 3 is 2.85 bits per heavy atom. The van der Waals surface area contributed by atoms with Crippen molar-refractivity contribution in [1.82, 2.24) is 4.72 Å². The standard InChI is InChI=1S/C12H16BrFN2O3S/c1-12(3-2-4-19-12)7-16-20(17,18)10-6-8(15)5-9(13)11(10)14/h5-6,16H,2-4,7,15H2,1H3. The molecule has 0 radical (unpaired) electrons. The Kier molecular flexibility index (Phi) is 4.38. The molecule has 1 aromatic carbocycles. The summed E-state index contributed by atoms with van der Waals surface area (Å²) in [6.07, 6.45) is 1.65. The topological polar surface area (TPSA) is 81.4 Å². The summed E-state index contributed by atoms with van der Waals surface area (Å²) in [5.74, 6) is -0.857. The van der Waals surface area contributed by atoms with Gasteiger partial charge < -0.3 is 10.5 Å². The normalized spacial score (nSPS) is 23.1. The first kappa shape index (κ1) is 15.7. The molecule has 112 valence electrons. The zero-order valence-electron chi connectivity index (χ0n) is 10.9. The molecule has 20 heavy (non-hydrogen) atoms. The molecule has 0 saturated carbocycles. The molecule has 0 bridgehead atoms. The SMILES string of the molecule is CC1(CNS(=O)(=O)c2cc(N)cc(Br)c2F)CCCO1. The summed E-state index contributed by atoms with van der Waals surface area (Å²) in [6, 6.07) is 2.41. The highest BCUT2D eigenvalue weighted by atomic mass is 79.9. The van der Waals surface area contributed by atoms with Gasteiger partial charge in [0.1, 0.15) is 4.90 Å². The number of hydrogen-bond acceptors (Lipinski definition) is 4. The van der Waals surface area contributed by atoms with E-state index in [-0.39, 0.29) is 16.7 Å². The Hall–Kier alpha value is -0.700. The molecule has 1 aliphatic rings. The number of nitrogen functional groups attached to an aromatic ring is 1. The summed E-state index contributed by atoms with van der Waals surface area (Å²) in [4.78, 5) is -0.467. The van der Waals surface area contributed by atoms with Gasteiger partial charge in [-0.3, -0.25) is 0 Å². The van der Waals surface area contributed by atoms with Crippen LogP contribution in [0.3, 0.4) is 0 Å². The highest BCUT2D eigenvalue weighted by molar-refractivity contribution is 9.10. The molecule has 1 heterocycles. The molecule has 0 aromatic heterocycles. The summed E-state index contributed by atoms with van der Waals surface area (Å²) < 4.78 is 46.2. The third kappa shape index (κ3) is 3.30. The van der Waals surface area contributed by atoms with E-state index in [1.54, 1.807) is 0 Å². The first-order chi connectivity index (χ1) is 9.23. The van der Waals surface area contributed by atoms with E-state index in [1.807, 2.05) is 6.92 Å². The maximum absolute atomic E-state index is 13.9. The number of hydrogen-bond donors (Lipinski definition) is 2. The van der Waals surface area contributed by atoms with Gasteiger partial charge in [0.05, 0.1) is 10.1 Å². The molecule has 1 aliphatic heterocycles. The minimum absolute atomic E-state index is 0.0150. The lowest BCUT2D eigenvalue weighted by molar-refractivity contribution is 0.0250. The number of rotatable bonds is 4. The minimum atomic E-state index is -3.98. The molecule has 0 amide bonds. The zero-order valence-corrected chi connectivity index (χ0v) is 13.4. The van der Waals surface area contributed by atoms with Crippen LogP contribution in [-0.4, -0.2) is 27.2 Å². The Morgan fingerprint density at radius 1 is 1.55 bits per heavy atom. The predicted molar refractivity (Wildman–Crippen MR) is 77.3 cm³/mol. The number of halogens is 2. The van der Waals surface area contributed by atoms with Crippen molar-refractivity contribution in [1.29, 1.82) is 0 Å². The fourth-order valence-corrected chi connectivity index (χ4v) is 3.98. The second-order valence-electron chi connectivity index (χ2n) is 5.04. The van der Waals surface area contributed by atoms with Gasteiger partial charge in [-0.25, -0.2) is 17.5 Å². The Bertz CT molecular complexity index is 615. The van der Waals surface area contributed by atoms with Crippen molar-refractivity contribution in [2.45, 2.75) is 30.3 Å². The van der Waals surface area contributed by atoms with E-state index in [9.17, 15) is 12.8 Å². The van der Waals surface area contributed by atoms with Gasteiger partial charge in [0.25, 0.3) is 0 Å². The van der Waals surface area contributed by atoms with E-state index in [0.717, 1.165) is 18.9 Å². The summed E-state index contributed by atoms with van der Waals surface area (Å²) in [5, 5.41) is 0. The highest BCUT2D eigenvalue weighted by Crippen LogP contribution is 2.28. The Labute approximate surface area is 125 Å². The molecule has 2 rings (SSSR count). The Balaban J connectivity index is 2.22. The average Bonchev–Trinajstić information content (AvgIpc) is 2.79. The molecule has 1 atom stereocenters. The predicted octanol–water partition coefficient (Wildman–Crippen LogP) is 2.02. The molecule has 0 spiro atoms. The van der Waals surface area contributed by atoms with Crippen molar-refractivity contribution in [2.75, 3.05) is 18.9 Å². The van der Waals surface area contributed by atoms with E-state index >= 15 is 0 Å². The molecular formula is C12H16BrFN2O3S. The summed E-state index contributed by atoms with van der Waals surface area (Å²) >= 11 is 2.95. The quantitative estimate of drug-likeness (QED) is 0.798. The van der Waals surface area contributed by atoms with Crippen LogP contribution in [0, 0.1) is 5.82 Å². The van der Waals surface area contributed by atoms with Crippen LogP contribution in [0.15, 0.2) is 21.5 Å². The van der Waals surface area contributed by atoms with Crippen LogP contribution in [0.2, 0.25) is 0 Å². The third-order valence-electron chi connectivity index (χ3n) is 3.24. The van der Waals surface area contributed by atoms with Gasteiger partial charge in [0, 0.05) is 18.8 Å². The number of sulfonamides is 1. The second-order valence-corrected chi connectivity index (χ2v) is 7.63. The number of anilines is 1. The van der Waals surface area contributed by atoms with Crippen molar-refractivity contribution in [3.8, 4) is 0 Å². The fraction of sp³-hybridized carbons (Fsp3) is 0.500. The zero-order chi connectivity index (χ0) is 15.0. The van der Waals surface area contributed by atoms with E-state index in [2.05, 4.69) is 20.7 Å². The molecule has 1 unspecified atom stereocenters. The van der Waals surface area contributed by atoms with Crippen LogP contribution in [-0.2, 0) is 14.8 Å². The molecule has 8 heteroatoms. The maximum atomic E-state index is 13.9. The summed E-state index contributed by atoms with van der Waals surface area (Å²) in [6.45, 7) is 2.53. The van der Waals surface area contributed by atoms with Gasteiger partial charge in [-0.1, -0.05) is 0 Å². The molecule has 0 aliphatic carbocycles. The van der Waals surface area contributed by atoms with Gasteiger partial charge in [-0.05, 0) is 47.8 Å². The second kappa shape index (κ2) is 5.59. The van der Waals surface area contributed by atoms with Gasteiger partial charge >= 0.3 is 0 Å². The molecule has 1 saturated heterocycles. The van der Waals surface area contributed by atoms with Crippen molar-refractivity contribution < 1.29 is 17.5 Å². The molecule has 1 fully saturated rings. The lowest BCUT2D eigenvalue weighted by Crippen LogP contribution is -2.40. The monoisotopic (exact) mass is 366 g/mol. The first-order valence-corrected chi connectivity index (χ1v) is 8.39. The number of benzene rings is 1. The van der Waals surface area contributed by atoms with Gasteiger partial charge in [0.2, 0.25) is 10.0 Å². The van der Waals surface area contributed by atoms with Crippen LogP contribution in [0.5, 0.6) is 0 Å². The van der Waals surface area contributed by atoms with E-state index in [0.29, 0.717) is 6.61 Å². The van der Waals surface area contributed by atoms with E-state index in [4.69, 9.17) is 10.5 Å². The van der Waals surface area contributed by atoms with Crippen molar-refractivity contribution in [3.63, 3.8) is 0 Å². The summed E-state index contributed by atoms with van der Waals surface area (Å²) in [7, 11) is -3.98. The van der Waals surface area contributed by atoms with Crippen LogP contribution in [0.4, 0.5) is 10.1 Å². The Morgan fingerprint density at radius 2 is 2.25 bits per heavy atom. The largest absolute Gasteiger partial charge is 0.399 e. The maximum Gasteiger partial charge on any atom is 0.243 e. The van der Waals surface area contributed by atoms with Crippen molar-refractivity contribution >= 4 is 31.6 Å². The lowest BCUT2D eigenvalue weighted by atomic mass is 10.0. The van der Waals surface area contributed by atoms with Crippen LogP contribution in [0.25, 0.3) is 0 Å². The van der Waals surface area contributed by atoms with E-state index in [1.165, 1.54) is 6.07 Å². The van der Waals surface area contributed by atoms with Gasteiger partial charge in [-0.2, -0.15) is 0 Å². The fourth-order valence-electron chi connectivity index (χ4n) is 2.08. The van der Waals surface area contributed by atoms with Crippen LogP contribution >= 0.6 is 15.9 Å². The number of nitrogens with two attached hydrogens (primary N) is 1. The third-order valence-corrected chi connectivity index (χ3v) is 5.22. The van der Waals surface area contributed by atoms with Crippen LogP contribution in [0.1, 0.15) is 19.8 Å². The molecular weight excluding hydrogens is 351 g/mol. The minimum Gasteiger partial charge on any atom is -0.399 e. The van der Waals surface area contributed by atoms with Gasteiger partial charge in [0.15, 0.2) is 5.82 Å². The first-order valence-electron chi connectivity index (χ1n) is 6.12. The molecule has 3 N–H and O–H groups in total. The van der Waals surface area contributed by atoms with Gasteiger partial charge in [-0.15, -0.1) is 0 Å². The molecule has 1 aromatic rings. The number of ether oxygens (including phenoxy) is 1. The summed E-state index contributed by atoms with van der Waals surface area (Å²) in [5.41, 5.74) is 5.18. The highest BCUT2D eigenvalue weighted by Gasteiger charge is 2.32. The van der Waals surface area contributed by atoms with Crippen LogP contribution < -0.4 is 10.5 Å². The van der Waals surface area contributed by atoms with Crippen molar-refractivity contribution in [3.05, 3.63) is 22.4 Å². The van der Waals surface area contributed by atoms with Crippen molar-refractivity contribution in [2.24, 2.45) is 0 Å². The molecule has 5 nitrogen and oxygen atoms in total. The average molecular weight is 367 g/mol. The van der Waals surface area contributed by atoms with E-state index < -0.39 is 26.3 Å². The smallest absolute Gasteiger partial charge is 0.243 e. The number of nitrogens with one attached hydrogen (secondary N) is 1.